The predicted molar refractivity (Wildman–Crippen MR) is 81.6 cm³/mol. The summed E-state index contributed by atoms with van der Waals surface area (Å²) in [6.07, 6.45) is 2.46. The van der Waals surface area contributed by atoms with Crippen LogP contribution in [0, 0.1) is 11.8 Å². The highest BCUT2D eigenvalue weighted by Crippen LogP contribution is 2.38. The van der Waals surface area contributed by atoms with Gasteiger partial charge in [0.15, 0.2) is 0 Å². The van der Waals surface area contributed by atoms with Gasteiger partial charge in [-0.3, -0.25) is 0 Å². The first-order valence-electron chi connectivity index (χ1n) is 7.18. The summed E-state index contributed by atoms with van der Waals surface area (Å²) in [6.45, 7) is 7.38. The minimum absolute atomic E-state index is 0.762. The fourth-order valence-electron chi connectivity index (χ4n) is 2.32. The molecule has 19 heavy (non-hydrogen) atoms. The summed E-state index contributed by atoms with van der Waals surface area (Å²) in [6, 6.07) is 3.89. The topological polar surface area (TPSA) is 28.2 Å². The molecule has 1 saturated carbocycles. The number of hydrogen-bond acceptors (Lipinski definition) is 3. The Labute approximate surface area is 121 Å². The van der Waals surface area contributed by atoms with E-state index in [0.717, 1.165) is 54.4 Å². The van der Waals surface area contributed by atoms with Crippen LogP contribution in [0.15, 0.2) is 12.1 Å². The third-order valence-corrected chi connectivity index (χ3v) is 4.06. The molecule has 0 aliphatic heterocycles. The van der Waals surface area contributed by atoms with E-state index in [1.807, 2.05) is 12.1 Å². The van der Waals surface area contributed by atoms with Gasteiger partial charge in [0.05, 0.1) is 10.7 Å². The summed E-state index contributed by atoms with van der Waals surface area (Å²) in [5.74, 6) is 2.68. The Balaban J connectivity index is 1.93. The van der Waals surface area contributed by atoms with Gasteiger partial charge in [-0.1, -0.05) is 25.4 Å². The third kappa shape index (κ3) is 4.36. The van der Waals surface area contributed by atoms with Crippen LogP contribution >= 0.6 is 11.6 Å². The van der Waals surface area contributed by atoms with Crippen molar-refractivity contribution in [1.29, 1.82) is 0 Å². The van der Waals surface area contributed by atoms with E-state index < -0.39 is 0 Å². The average molecular weight is 282 g/mol. The summed E-state index contributed by atoms with van der Waals surface area (Å²) in [5, 5.41) is 4.07. The molecule has 1 heterocycles. The number of nitrogens with zero attached hydrogens (tertiary/aromatic N) is 2. The monoisotopic (exact) mass is 281 g/mol. The maximum Gasteiger partial charge on any atom is 0.126 e. The number of halogens is 1. The van der Waals surface area contributed by atoms with E-state index in [1.165, 1.54) is 6.42 Å². The predicted octanol–water partition coefficient (Wildman–Crippen LogP) is 3.64. The minimum Gasteiger partial charge on any atom is -0.370 e. The molecule has 1 N–H and O–H groups in total. The minimum atomic E-state index is 0.762. The molecule has 2 rings (SSSR count). The molecule has 2 atom stereocenters. The van der Waals surface area contributed by atoms with E-state index in [0.29, 0.717) is 0 Å². The first-order valence-corrected chi connectivity index (χ1v) is 7.55. The van der Waals surface area contributed by atoms with Crippen LogP contribution in [0.4, 0.5) is 5.82 Å². The molecule has 1 aliphatic carbocycles. The van der Waals surface area contributed by atoms with Crippen molar-refractivity contribution in [2.75, 3.05) is 25.5 Å². The lowest BCUT2D eigenvalue weighted by atomic mass is 10.3. The van der Waals surface area contributed by atoms with Crippen LogP contribution in [0.5, 0.6) is 0 Å². The SMILES string of the molecule is CCCNc1ccc(Cl)c(CN(C)CC2CC2C)n1. The van der Waals surface area contributed by atoms with Gasteiger partial charge in [-0.15, -0.1) is 0 Å². The second-order valence-electron chi connectivity index (χ2n) is 5.72. The zero-order chi connectivity index (χ0) is 13.8. The Kier molecular flexibility index (Phi) is 5.06. The molecule has 0 spiro atoms. The molecule has 0 bridgehead atoms. The van der Waals surface area contributed by atoms with Crippen molar-refractivity contribution in [2.24, 2.45) is 11.8 Å². The molecule has 3 nitrogen and oxygen atoms in total. The molecule has 0 aromatic carbocycles. The zero-order valence-electron chi connectivity index (χ0n) is 12.1. The number of aromatic nitrogens is 1. The van der Waals surface area contributed by atoms with Gasteiger partial charge in [0.1, 0.15) is 5.82 Å². The Morgan fingerprint density at radius 3 is 2.84 bits per heavy atom. The summed E-state index contributed by atoms with van der Waals surface area (Å²) >= 11 is 6.24. The lowest BCUT2D eigenvalue weighted by Crippen LogP contribution is -2.22. The summed E-state index contributed by atoms with van der Waals surface area (Å²) in [5.41, 5.74) is 0.971. The van der Waals surface area contributed by atoms with E-state index in [1.54, 1.807) is 0 Å². The summed E-state index contributed by atoms with van der Waals surface area (Å²) in [7, 11) is 2.15. The molecule has 0 saturated heterocycles. The second kappa shape index (κ2) is 6.58. The van der Waals surface area contributed by atoms with Gasteiger partial charge < -0.3 is 10.2 Å². The molecular weight excluding hydrogens is 258 g/mol. The average Bonchev–Trinajstić information content (AvgIpc) is 3.05. The maximum atomic E-state index is 6.24. The number of pyridine rings is 1. The smallest absolute Gasteiger partial charge is 0.126 e. The fourth-order valence-corrected chi connectivity index (χ4v) is 2.49. The normalized spacial score (nSPS) is 21.7. The molecule has 1 aromatic heterocycles. The van der Waals surface area contributed by atoms with E-state index in [2.05, 4.69) is 36.1 Å². The van der Waals surface area contributed by atoms with E-state index in [4.69, 9.17) is 11.6 Å². The lowest BCUT2D eigenvalue weighted by molar-refractivity contribution is 0.304. The van der Waals surface area contributed by atoms with E-state index >= 15 is 0 Å². The quantitative estimate of drug-likeness (QED) is 0.827. The third-order valence-electron chi connectivity index (χ3n) is 3.72. The number of rotatable bonds is 7. The number of hydrogen-bond donors (Lipinski definition) is 1. The van der Waals surface area contributed by atoms with Crippen LogP contribution in [0.2, 0.25) is 5.02 Å². The molecule has 0 amide bonds. The van der Waals surface area contributed by atoms with Crippen LogP contribution in [0.3, 0.4) is 0 Å². The molecule has 2 unspecified atom stereocenters. The number of anilines is 1. The summed E-state index contributed by atoms with van der Waals surface area (Å²) < 4.78 is 0. The van der Waals surface area contributed by atoms with Crippen molar-refractivity contribution in [1.82, 2.24) is 9.88 Å². The zero-order valence-corrected chi connectivity index (χ0v) is 12.9. The van der Waals surface area contributed by atoms with E-state index in [-0.39, 0.29) is 0 Å². The van der Waals surface area contributed by atoms with Crippen molar-refractivity contribution < 1.29 is 0 Å². The maximum absolute atomic E-state index is 6.24. The van der Waals surface area contributed by atoms with Crippen molar-refractivity contribution in [3.05, 3.63) is 22.8 Å². The van der Waals surface area contributed by atoms with Crippen molar-refractivity contribution in [3.8, 4) is 0 Å². The van der Waals surface area contributed by atoms with Gasteiger partial charge >= 0.3 is 0 Å². The molecular formula is C15H24ClN3. The largest absolute Gasteiger partial charge is 0.370 e. The first kappa shape index (κ1) is 14.6. The van der Waals surface area contributed by atoms with Crippen LogP contribution in [-0.4, -0.2) is 30.0 Å². The van der Waals surface area contributed by atoms with Gasteiger partial charge in [0.25, 0.3) is 0 Å². The molecule has 106 valence electrons. The first-order chi connectivity index (χ1) is 9.10. The molecule has 4 heteroatoms. The molecule has 1 fully saturated rings. The van der Waals surface area contributed by atoms with Gasteiger partial charge in [0.2, 0.25) is 0 Å². The standard InChI is InChI=1S/C15H24ClN3/c1-4-7-17-15-6-5-13(16)14(18-15)10-19(3)9-12-8-11(12)2/h5-6,11-12H,4,7-10H2,1-3H3,(H,17,18). The summed E-state index contributed by atoms with van der Waals surface area (Å²) in [4.78, 5) is 6.94. The van der Waals surface area contributed by atoms with Crippen LogP contribution in [-0.2, 0) is 6.54 Å². The Bertz CT molecular complexity index is 422. The highest BCUT2D eigenvalue weighted by molar-refractivity contribution is 6.31. The van der Waals surface area contributed by atoms with Gasteiger partial charge in [-0.25, -0.2) is 4.98 Å². The van der Waals surface area contributed by atoms with Gasteiger partial charge in [-0.2, -0.15) is 0 Å². The molecule has 0 radical (unpaired) electrons. The van der Waals surface area contributed by atoms with Crippen LogP contribution < -0.4 is 5.32 Å². The Hall–Kier alpha value is -0.800. The number of nitrogens with one attached hydrogen (secondary N) is 1. The van der Waals surface area contributed by atoms with Crippen molar-refractivity contribution in [2.45, 2.75) is 33.2 Å². The van der Waals surface area contributed by atoms with Gasteiger partial charge in [-0.05, 0) is 43.9 Å². The Morgan fingerprint density at radius 1 is 1.47 bits per heavy atom. The highest BCUT2D eigenvalue weighted by Gasteiger charge is 2.33. The molecule has 1 aliphatic rings. The van der Waals surface area contributed by atoms with Crippen molar-refractivity contribution in [3.63, 3.8) is 0 Å². The van der Waals surface area contributed by atoms with Crippen LogP contribution in [0.1, 0.15) is 32.4 Å². The lowest BCUT2D eigenvalue weighted by Gasteiger charge is -2.17. The van der Waals surface area contributed by atoms with Gasteiger partial charge in [0, 0.05) is 19.6 Å². The van der Waals surface area contributed by atoms with Crippen molar-refractivity contribution >= 4 is 17.4 Å². The second-order valence-corrected chi connectivity index (χ2v) is 6.13. The molecule has 1 aromatic rings. The Morgan fingerprint density at radius 2 is 2.21 bits per heavy atom. The van der Waals surface area contributed by atoms with E-state index in [9.17, 15) is 0 Å². The highest BCUT2D eigenvalue weighted by atomic mass is 35.5. The van der Waals surface area contributed by atoms with Crippen LogP contribution in [0.25, 0.3) is 0 Å². The fraction of sp³-hybridized carbons (Fsp3) is 0.667.